The van der Waals surface area contributed by atoms with E-state index in [2.05, 4.69) is 65.5 Å². The topological polar surface area (TPSA) is 51.3 Å². The molecule has 0 amide bonds. The molecule has 4 rings (SSSR count). The number of para-hydroxylation sites is 1. The highest BCUT2D eigenvalue weighted by Crippen LogP contribution is 2.23. The molecule has 29 heavy (non-hydrogen) atoms. The van der Waals surface area contributed by atoms with Crippen molar-refractivity contribution >= 4 is 5.69 Å². The first kappa shape index (κ1) is 19.5. The van der Waals surface area contributed by atoms with Gasteiger partial charge in [0.1, 0.15) is 5.82 Å². The summed E-state index contributed by atoms with van der Waals surface area (Å²) >= 11 is 0. The number of hydrogen-bond acceptors (Lipinski definition) is 4. The molecular formula is C22H28FN6+. The molecule has 3 aromatic rings. The number of halogens is 1. The summed E-state index contributed by atoms with van der Waals surface area (Å²) in [7, 11) is 0. The van der Waals surface area contributed by atoms with E-state index >= 15 is 0 Å². The fourth-order valence-corrected chi connectivity index (χ4v) is 4.05. The Morgan fingerprint density at radius 3 is 2.24 bits per heavy atom. The minimum absolute atomic E-state index is 0.0391. The maximum atomic E-state index is 13.6. The Morgan fingerprint density at radius 2 is 1.62 bits per heavy atom. The predicted octanol–water partition coefficient (Wildman–Crippen LogP) is 2.06. The lowest BCUT2D eigenvalue weighted by molar-refractivity contribution is -0.927. The van der Waals surface area contributed by atoms with E-state index in [0.29, 0.717) is 0 Å². The Bertz CT molecular complexity index is 924. The molecule has 0 spiro atoms. The second kappa shape index (κ2) is 7.91. The molecule has 0 bridgehead atoms. The van der Waals surface area contributed by atoms with Gasteiger partial charge in [0.05, 0.1) is 31.7 Å². The summed E-state index contributed by atoms with van der Waals surface area (Å²) in [4.78, 5) is 3.81. The lowest BCUT2D eigenvalue weighted by Crippen LogP contribution is -3.15. The minimum atomic E-state index is -0.234. The number of nitrogens with one attached hydrogen (secondary N) is 1. The Kier molecular flexibility index (Phi) is 5.32. The van der Waals surface area contributed by atoms with Crippen LogP contribution >= 0.6 is 0 Å². The van der Waals surface area contributed by atoms with Crippen molar-refractivity contribution < 1.29 is 9.29 Å². The molecule has 0 aliphatic carbocycles. The van der Waals surface area contributed by atoms with Crippen LogP contribution in [-0.4, -0.2) is 46.4 Å². The summed E-state index contributed by atoms with van der Waals surface area (Å²) in [6, 6.07) is 17.2. The van der Waals surface area contributed by atoms with Gasteiger partial charge in [-0.15, -0.1) is 5.10 Å². The Hall–Kier alpha value is -2.80. The summed E-state index contributed by atoms with van der Waals surface area (Å²) < 4.78 is 15.5. The lowest BCUT2D eigenvalue weighted by Gasteiger charge is -2.37. The zero-order valence-electron chi connectivity index (χ0n) is 17.2. The zero-order chi connectivity index (χ0) is 20.4. The molecule has 1 N–H and O–H groups in total. The van der Waals surface area contributed by atoms with Crippen molar-refractivity contribution in [2.45, 2.75) is 32.4 Å². The van der Waals surface area contributed by atoms with Gasteiger partial charge in [0, 0.05) is 11.3 Å². The van der Waals surface area contributed by atoms with Crippen molar-refractivity contribution in [3.63, 3.8) is 0 Å². The molecule has 6 nitrogen and oxygen atoms in total. The lowest BCUT2D eigenvalue weighted by atomic mass is 10.0. The standard InChI is InChI=1S/C22H27FN6/c1-22(2,3)29-21(24-25-26-29)20(17-9-11-18(23)12-10-17)28-15-13-27(14-16-28)19-7-5-4-6-8-19/h4-12,20H,13-16H2,1-3H3/p+1/t20-/m1/s1. The number of piperazine rings is 1. The number of anilines is 1. The fraction of sp³-hybridized carbons (Fsp3) is 0.409. The molecule has 7 heteroatoms. The third kappa shape index (κ3) is 4.15. The molecule has 1 saturated heterocycles. The van der Waals surface area contributed by atoms with Crippen LogP contribution in [-0.2, 0) is 5.54 Å². The van der Waals surface area contributed by atoms with Gasteiger partial charge in [-0.3, -0.25) is 0 Å². The van der Waals surface area contributed by atoms with Crippen LogP contribution in [0.2, 0.25) is 0 Å². The fourth-order valence-electron chi connectivity index (χ4n) is 4.05. The van der Waals surface area contributed by atoms with Gasteiger partial charge in [-0.05, 0) is 67.6 Å². The average molecular weight is 396 g/mol. The number of benzene rings is 2. The highest BCUT2D eigenvalue weighted by molar-refractivity contribution is 5.46. The molecule has 0 unspecified atom stereocenters. The quantitative estimate of drug-likeness (QED) is 0.735. The number of quaternary nitrogens is 1. The van der Waals surface area contributed by atoms with E-state index in [4.69, 9.17) is 0 Å². The van der Waals surface area contributed by atoms with Crippen LogP contribution in [0.4, 0.5) is 10.1 Å². The second-order valence-corrected chi connectivity index (χ2v) is 8.59. The summed E-state index contributed by atoms with van der Waals surface area (Å²) in [5.41, 5.74) is 2.06. The minimum Gasteiger partial charge on any atom is -0.360 e. The van der Waals surface area contributed by atoms with Crippen molar-refractivity contribution in [2.75, 3.05) is 31.1 Å². The van der Waals surface area contributed by atoms with Crippen molar-refractivity contribution in [3.05, 3.63) is 71.8 Å². The molecule has 1 aliphatic rings. The number of tetrazole rings is 1. The maximum Gasteiger partial charge on any atom is 0.214 e. The maximum absolute atomic E-state index is 13.6. The number of hydrogen-bond donors (Lipinski definition) is 1. The third-order valence-corrected chi connectivity index (χ3v) is 5.53. The van der Waals surface area contributed by atoms with Gasteiger partial charge in [0.15, 0.2) is 6.04 Å². The summed E-state index contributed by atoms with van der Waals surface area (Å²) in [5, 5.41) is 12.6. The van der Waals surface area contributed by atoms with Gasteiger partial charge < -0.3 is 9.80 Å². The van der Waals surface area contributed by atoms with E-state index in [1.807, 2.05) is 22.9 Å². The van der Waals surface area contributed by atoms with Crippen LogP contribution in [0.25, 0.3) is 0 Å². The van der Waals surface area contributed by atoms with E-state index in [1.165, 1.54) is 22.7 Å². The molecule has 1 fully saturated rings. The first-order valence-electron chi connectivity index (χ1n) is 10.1. The van der Waals surface area contributed by atoms with Gasteiger partial charge in [0.2, 0.25) is 5.82 Å². The zero-order valence-corrected chi connectivity index (χ0v) is 17.2. The molecule has 1 aromatic heterocycles. The van der Waals surface area contributed by atoms with Crippen molar-refractivity contribution in [1.29, 1.82) is 0 Å². The van der Waals surface area contributed by atoms with E-state index in [-0.39, 0.29) is 17.4 Å². The van der Waals surface area contributed by atoms with Crippen molar-refractivity contribution in [2.24, 2.45) is 0 Å². The molecular weight excluding hydrogens is 367 g/mol. The molecule has 1 aliphatic heterocycles. The molecule has 2 aromatic carbocycles. The molecule has 152 valence electrons. The Labute approximate surface area is 170 Å². The highest BCUT2D eigenvalue weighted by atomic mass is 19.1. The smallest absolute Gasteiger partial charge is 0.214 e. The highest BCUT2D eigenvalue weighted by Gasteiger charge is 2.36. The van der Waals surface area contributed by atoms with E-state index in [9.17, 15) is 4.39 Å². The molecule has 0 saturated carbocycles. The first-order valence-corrected chi connectivity index (χ1v) is 10.1. The van der Waals surface area contributed by atoms with Gasteiger partial charge in [-0.25, -0.2) is 9.07 Å². The summed E-state index contributed by atoms with van der Waals surface area (Å²) in [6.45, 7) is 10.1. The number of rotatable bonds is 4. The number of aromatic nitrogens is 4. The van der Waals surface area contributed by atoms with Crippen LogP contribution in [0.3, 0.4) is 0 Å². The van der Waals surface area contributed by atoms with Gasteiger partial charge in [-0.2, -0.15) is 0 Å². The van der Waals surface area contributed by atoms with E-state index < -0.39 is 0 Å². The average Bonchev–Trinajstić information content (AvgIpc) is 3.21. The van der Waals surface area contributed by atoms with Crippen molar-refractivity contribution in [1.82, 2.24) is 20.2 Å². The first-order chi connectivity index (χ1) is 13.9. The summed E-state index contributed by atoms with van der Waals surface area (Å²) in [6.07, 6.45) is 0. The van der Waals surface area contributed by atoms with Crippen LogP contribution in [0.1, 0.15) is 38.2 Å². The number of nitrogens with zero attached hydrogens (tertiary/aromatic N) is 5. The van der Waals surface area contributed by atoms with Crippen LogP contribution < -0.4 is 9.80 Å². The van der Waals surface area contributed by atoms with Gasteiger partial charge >= 0.3 is 0 Å². The monoisotopic (exact) mass is 395 g/mol. The van der Waals surface area contributed by atoms with E-state index in [0.717, 1.165) is 37.6 Å². The third-order valence-electron chi connectivity index (χ3n) is 5.53. The predicted molar refractivity (Wildman–Crippen MR) is 110 cm³/mol. The van der Waals surface area contributed by atoms with Crippen LogP contribution in [0.5, 0.6) is 0 Å². The Morgan fingerprint density at radius 1 is 0.966 bits per heavy atom. The van der Waals surface area contributed by atoms with Gasteiger partial charge in [-0.1, -0.05) is 18.2 Å². The van der Waals surface area contributed by atoms with Gasteiger partial charge in [0.25, 0.3) is 0 Å². The second-order valence-electron chi connectivity index (χ2n) is 8.59. The van der Waals surface area contributed by atoms with E-state index in [1.54, 1.807) is 0 Å². The molecule has 0 radical (unpaired) electrons. The normalized spacial score (nSPS) is 16.8. The Balaban J connectivity index is 1.64. The molecule has 2 heterocycles. The largest absolute Gasteiger partial charge is 0.360 e. The molecule has 1 atom stereocenters. The van der Waals surface area contributed by atoms with Crippen LogP contribution in [0, 0.1) is 5.82 Å². The van der Waals surface area contributed by atoms with Crippen LogP contribution in [0.15, 0.2) is 54.6 Å². The SMILES string of the molecule is CC(C)(C)n1nnnc1[C@@H](c1ccc(F)cc1)[NH+]1CCN(c2ccccc2)CC1. The van der Waals surface area contributed by atoms with Crippen molar-refractivity contribution in [3.8, 4) is 0 Å². The summed E-state index contributed by atoms with van der Waals surface area (Å²) in [5.74, 6) is 0.596.